The zero-order valence-corrected chi connectivity index (χ0v) is 39.3. The van der Waals surface area contributed by atoms with Gasteiger partial charge in [0.1, 0.15) is 31.0 Å². The maximum Gasteiger partial charge on any atom is 0.305 e. The molecule has 4 fully saturated rings. The minimum atomic E-state index is -1.45. The topological polar surface area (TPSA) is 105 Å². The van der Waals surface area contributed by atoms with E-state index in [0.717, 1.165) is 75.5 Å². The van der Waals surface area contributed by atoms with Gasteiger partial charge in [-0.3, -0.25) is 4.79 Å². The average molecular weight is 839 g/mol. The quantitative estimate of drug-likeness (QED) is 0.0505. The van der Waals surface area contributed by atoms with Crippen molar-refractivity contribution in [1.82, 2.24) is 0 Å². The molecule has 0 radical (unpaired) electrons. The van der Waals surface area contributed by atoms with Crippen molar-refractivity contribution in [2.24, 2.45) is 52.3 Å². The highest BCUT2D eigenvalue weighted by Gasteiger charge is 2.59. The van der Waals surface area contributed by atoms with Gasteiger partial charge in [0.15, 0.2) is 6.29 Å². The summed E-state index contributed by atoms with van der Waals surface area (Å²) in [4.78, 5) is 12.6. The van der Waals surface area contributed by atoms with E-state index in [-0.39, 0.29) is 24.1 Å². The van der Waals surface area contributed by atoms with E-state index in [9.17, 15) is 20.1 Å². The van der Waals surface area contributed by atoms with Gasteiger partial charge in [0.05, 0.1) is 6.10 Å². The van der Waals surface area contributed by atoms with Crippen molar-refractivity contribution in [3.8, 4) is 0 Å². The number of aliphatic hydroxyl groups excluding tert-OH is 3. The molecule has 5 rings (SSSR count). The number of fused-ring (bicyclic) bond motifs is 5. The molecule has 1 heterocycles. The molecule has 3 saturated carbocycles. The number of carbonyl (C=O) groups is 1. The molecule has 14 atom stereocenters. The van der Waals surface area contributed by atoms with E-state index < -0.39 is 30.7 Å². The van der Waals surface area contributed by atoms with Gasteiger partial charge in [0, 0.05) is 6.42 Å². The summed E-state index contributed by atoms with van der Waals surface area (Å²) in [5.41, 5.74) is 2.05. The second kappa shape index (κ2) is 24.0. The second-order valence-corrected chi connectivity index (χ2v) is 21.1. The van der Waals surface area contributed by atoms with Crippen LogP contribution in [0.2, 0.25) is 0 Å². The first-order chi connectivity index (χ1) is 28.8. The van der Waals surface area contributed by atoms with Crippen LogP contribution in [0.1, 0.15) is 196 Å². The molecule has 0 spiro atoms. The first kappa shape index (κ1) is 49.5. The molecule has 4 aliphatic carbocycles. The van der Waals surface area contributed by atoms with Crippen LogP contribution in [0, 0.1) is 52.3 Å². The lowest BCUT2D eigenvalue weighted by Crippen LogP contribution is -2.60. The third-order valence-electron chi connectivity index (χ3n) is 16.8. The fraction of sp³-hybridized carbons (Fsp3) is 0.868. The van der Waals surface area contributed by atoms with Gasteiger partial charge in [-0.25, -0.2) is 0 Å². The summed E-state index contributed by atoms with van der Waals surface area (Å²) in [6.45, 7) is 16.7. The van der Waals surface area contributed by atoms with Gasteiger partial charge < -0.3 is 29.5 Å². The van der Waals surface area contributed by atoms with Crippen molar-refractivity contribution >= 4 is 5.97 Å². The molecule has 7 heteroatoms. The summed E-state index contributed by atoms with van der Waals surface area (Å²) in [6, 6.07) is 0. The summed E-state index contributed by atoms with van der Waals surface area (Å²) in [7, 11) is 0. The predicted molar refractivity (Wildman–Crippen MR) is 244 cm³/mol. The number of unbranched alkanes of at least 4 members (excludes halogenated alkanes) is 11. The lowest BCUT2D eigenvalue weighted by atomic mass is 9.47. The fourth-order valence-corrected chi connectivity index (χ4v) is 12.9. The molecule has 0 amide bonds. The van der Waals surface area contributed by atoms with Crippen LogP contribution in [0.4, 0.5) is 0 Å². The third-order valence-corrected chi connectivity index (χ3v) is 16.8. The Morgan fingerprint density at radius 2 is 1.50 bits per heavy atom. The van der Waals surface area contributed by atoms with Crippen LogP contribution in [0.3, 0.4) is 0 Å². The smallest absolute Gasteiger partial charge is 0.305 e. The van der Waals surface area contributed by atoms with Crippen molar-refractivity contribution in [1.29, 1.82) is 0 Å². The summed E-state index contributed by atoms with van der Waals surface area (Å²) >= 11 is 0. The molecule has 5 aliphatic rings. The number of carbonyl (C=O) groups excluding carboxylic acids is 1. The molecule has 0 aromatic rings. The standard InChI is InChI=1S/C53H90O7/c1-8-10-11-12-13-14-15-16-17-18-19-20-21-22-23-24-47(54)58-36-46-48(55)49(56)50(57)51(60-46)59-41-31-33-52(6)40(35-41)27-28-42-44-30-29-43(53(44,7)34-32-45(42)52)38(5)25-26-39(9-2)37(3)4/h16-17,25-27,37-39,41-46,48-51,55-57H,8-15,18-24,28-36H2,1-7H3/b17-16-,26-25+/t38-,39+,41+,42+,43-,44+,45-,46-,48-,49-,50-,51+,52+,53+/m1/s1. The highest BCUT2D eigenvalue weighted by molar-refractivity contribution is 5.69. The number of ether oxygens (including phenoxy) is 3. The zero-order chi connectivity index (χ0) is 43.3. The Morgan fingerprint density at radius 1 is 0.817 bits per heavy atom. The van der Waals surface area contributed by atoms with Crippen LogP contribution >= 0.6 is 0 Å². The van der Waals surface area contributed by atoms with E-state index >= 15 is 0 Å². The normalized spacial score (nSPS) is 36.5. The van der Waals surface area contributed by atoms with Gasteiger partial charge in [-0.1, -0.05) is 136 Å². The lowest BCUT2D eigenvalue weighted by Gasteiger charge is -2.58. The summed E-state index contributed by atoms with van der Waals surface area (Å²) < 4.78 is 18.0. The van der Waals surface area contributed by atoms with E-state index in [0.29, 0.717) is 35.5 Å². The Labute approximate surface area is 367 Å². The fourth-order valence-electron chi connectivity index (χ4n) is 12.9. The first-order valence-electron chi connectivity index (χ1n) is 25.4. The minimum Gasteiger partial charge on any atom is -0.463 e. The van der Waals surface area contributed by atoms with Gasteiger partial charge >= 0.3 is 5.97 Å². The average Bonchev–Trinajstić information content (AvgIpc) is 3.59. The molecule has 0 unspecified atom stereocenters. The van der Waals surface area contributed by atoms with Crippen molar-refractivity contribution in [3.63, 3.8) is 0 Å². The molecule has 0 bridgehead atoms. The molecule has 0 aromatic carbocycles. The Hall–Kier alpha value is -1.51. The largest absolute Gasteiger partial charge is 0.463 e. The van der Waals surface area contributed by atoms with Gasteiger partial charge in [-0.15, -0.1) is 0 Å². The number of esters is 1. The van der Waals surface area contributed by atoms with Crippen molar-refractivity contribution in [2.75, 3.05) is 6.61 Å². The molecule has 0 aromatic heterocycles. The second-order valence-electron chi connectivity index (χ2n) is 21.1. The molecule has 1 aliphatic heterocycles. The SMILES string of the molecule is CCCCCCCC/C=C\CCCCCCCC(=O)OC[C@H]1O[C@H](O[C@H]2CC[C@@]3(C)C(=CC[C@@H]4[C@H]3CC[C@@]3(C)[C@@H]([C@H](C)/C=C/[C@H](CC)C(C)C)CC[C@@H]43)C2)[C@H](O)[C@H](O)[C@@H]1O. The van der Waals surface area contributed by atoms with E-state index in [1.165, 1.54) is 89.0 Å². The molecular weight excluding hydrogens is 749 g/mol. The third kappa shape index (κ3) is 12.6. The van der Waals surface area contributed by atoms with Gasteiger partial charge in [0.25, 0.3) is 0 Å². The van der Waals surface area contributed by atoms with E-state index in [1.54, 1.807) is 0 Å². The summed E-state index contributed by atoms with van der Waals surface area (Å²) in [5, 5.41) is 32.5. The number of hydrogen-bond donors (Lipinski definition) is 3. The van der Waals surface area contributed by atoms with Crippen LogP contribution in [0.25, 0.3) is 0 Å². The number of allylic oxidation sites excluding steroid dienone is 5. The van der Waals surface area contributed by atoms with Gasteiger partial charge in [-0.2, -0.15) is 0 Å². The van der Waals surface area contributed by atoms with Crippen LogP contribution in [-0.2, 0) is 19.0 Å². The van der Waals surface area contributed by atoms with Crippen LogP contribution < -0.4 is 0 Å². The Kier molecular flexibility index (Phi) is 19.8. The maximum absolute atomic E-state index is 12.6. The first-order valence-corrected chi connectivity index (χ1v) is 25.4. The zero-order valence-electron chi connectivity index (χ0n) is 39.3. The summed E-state index contributed by atoms with van der Waals surface area (Å²) in [6.07, 6.45) is 32.1. The van der Waals surface area contributed by atoms with Crippen LogP contribution in [0.5, 0.6) is 0 Å². The molecule has 60 heavy (non-hydrogen) atoms. The molecule has 1 saturated heterocycles. The van der Waals surface area contributed by atoms with Crippen LogP contribution in [0.15, 0.2) is 36.0 Å². The van der Waals surface area contributed by atoms with Crippen molar-refractivity contribution < 1.29 is 34.3 Å². The Bertz CT molecular complexity index is 1370. The van der Waals surface area contributed by atoms with E-state index in [2.05, 4.69) is 78.8 Å². The Balaban J connectivity index is 1.03. The predicted octanol–water partition coefficient (Wildman–Crippen LogP) is 12.2. The minimum absolute atomic E-state index is 0.151. The molecule has 344 valence electrons. The molecule has 3 N–H and O–H groups in total. The van der Waals surface area contributed by atoms with Crippen molar-refractivity contribution in [3.05, 3.63) is 36.0 Å². The van der Waals surface area contributed by atoms with Gasteiger partial charge in [-0.05, 0) is 142 Å². The van der Waals surface area contributed by atoms with Crippen LogP contribution in [-0.4, -0.2) is 64.7 Å². The number of rotatable bonds is 24. The highest BCUT2D eigenvalue weighted by atomic mass is 16.7. The molecule has 7 nitrogen and oxygen atoms in total. The maximum atomic E-state index is 12.6. The van der Waals surface area contributed by atoms with E-state index in [4.69, 9.17) is 14.2 Å². The number of hydrogen-bond acceptors (Lipinski definition) is 7. The summed E-state index contributed by atoms with van der Waals surface area (Å²) in [5.74, 6) is 4.60. The highest BCUT2D eigenvalue weighted by Crippen LogP contribution is 2.67. The number of aliphatic hydroxyl groups is 3. The monoisotopic (exact) mass is 839 g/mol. The lowest BCUT2D eigenvalue weighted by molar-refractivity contribution is -0.313. The van der Waals surface area contributed by atoms with Gasteiger partial charge in [0.2, 0.25) is 0 Å². The van der Waals surface area contributed by atoms with E-state index in [1.807, 2.05) is 0 Å². The molecular formula is C53H90O7. The Morgan fingerprint density at radius 3 is 2.18 bits per heavy atom. The van der Waals surface area contributed by atoms with Crippen molar-refractivity contribution in [2.45, 2.75) is 233 Å².